The summed E-state index contributed by atoms with van der Waals surface area (Å²) in [5.41, 5.74) is 5.37. The average molecular weight is 278 g/mol. The molecule has 1 aliphatic carbocycles. The number of amides is 2. The van der Waals surface area contributed by atoms with Crippen molar-refractivity contribution in [2.75, 3.05) is 13.1 Å². The molecule has 0 aromatic rings. The van der Waals surface area contributed by atoms with Crippen LogP contribution in [0, 0.1) is 5.92 Å². The van der Waals surface area contributed by atoms with Gasteiger partial charge in [0.15, 0.2) is 0 Å². The van der Waals surface area contributed by atoms with Gasteiger partial charge in [-0.05, 0) is 33.1 Å². The van der Waals surface area contributed by atoms with E-state index in [2.05, 4.69) is 10.6 Å². The van der Waals surface area contributed by atoms with E-state index in [4.69, 9.17) is 5.73 Å². The van der Waals surface area contributed by atoms with Gasteiger partial charge in [0.2, 0.25) is 11.8 Å². The molecule has 0 radical (unpaired) electrons. The van der Waals surface area contributed by atoms with Crippen molar-refractivity contribution in [3.63, 3.8) is 0 Å². The number of carbonyl (C=O) groups is 2. The molecular formula is C12H24ClN3O2. The van der Waals surface area contributed by atoms with Crippen molar-refractivity contribution in [2.24, 2.45) is 11.7 Å². The molecule has 1 saturated carbocycles. The standard InChI is InChI=1S/C12H23N3O2.ClH/c1-12(2,13)8-15-10(16)4-3-7-14-11(17)9-5-6-9;/h9H,3-8,13H2,1-2H3,(H,14,17)(H,15,16);1H. The summed E-state index contributed by atoms with van der Waals surface area (Å²) in [5.74, 6) is 0.361. The van der Waals surface area contributed by atoms with Gasteiger partial charge in [-0.25, -0.2) is 0 Å². The van der Waals surface area contributed by atoms with Crippen molar-refractivity contribution in [2.45, 2.75) is 45.1 Å². The van der Waals surface area contributed by atoms with Crippen molar-refractivity contribution in [3.8, 4) is 0 Å². The first-order valence-electron chi connectivity index (χ1n) is 6.22. The van der Waals surface area contributed by atoms with Gasteiger partial charge >= 0.3 is 0 Å². The molecule has 106 valence electrons. The maximum Gasteiger partial charge on any atom is 0.223 e. The van der Waals surface area contributed by atoms with Crippen molar-refractivity contribution in [1.29, 1.82) is 0 Å². The molecule has 0 unspecified atom stereocenters. The van der Waals surface area contributed by atoms with Gasteiger partial charge < -0.3 is 16.4 Å². The predicted octanol–water partition coefficient (Wildman–Crippen LogP) is 0.568. The minimum absolute atomic E-state index is 0. The van der Waals surface area contributed by atoms with Gasteiger partial charge in [-0.2, -0.15) is 0 Å². The molecule has 18 heavy (non-hydrogen) atoms. The molecule has 1 rings (SSSR count). The number of hydrogen-bond acceptors (Lipinski definition) is 3. The highest BCUT2D eigenvalue weighted by molar-refractivity contribution is 5.85. The highest BCUT2D eigenvalue weighted by atomic mass is 35.5. The second-order valence-corrected chi connectivity index (χ2v) is 5.43. The predicted molar refractivity (Wildman–Crippen MR) is 73.5 cm³/mol. The lowest BCUT2D eigenvalue weighted by Gasteiger charge is -2.18. The van der Waals surface area contributed by atoms with Crippen LogP contribution < -0.4 is 16.4 Å². The van der Waals surface area contributed by atoms with Crippen LogP contribution in [0.4, 0.5) is 0 Å². The third kappa shape index (κ3) is 8.31. The first-order chi connectivity index (χ1) is 7.88. The van der Waals surface area contributed by atoms with Crippen LogP contribution in [0.25, 0.3) is 0 Å². The monoisotopic (exact) mass is 277 g/mol. The second kappa shape index (κ2) is 7.59. The highest BCUT2D eigenvalue weighted by Gasteiger charge is 2.28. The van der Waals surface area contributed by atoms with Crippen molar-refractivity contribution in [1.82, 2.24) is 10.6 Å². The quantitative estimate of drug-likeness (QED) is 0.595. The van der Waals surface area contributed by atoms with Gasteiger partial charge in [0.1, 0.15) is 0 Å². The van der Waals surface area contributed by atoms with Crippen molar-refractivity contribution in [3.05, 3.63) is 0 Å². The zero-order chi connectivity index (χ0) is 12.9. The molecule has 2 amide bonds. The number of rotatable bonds is 7. The number of halogens is 1. The van der Waals surface area contributed by atoms with E-state index in [0.29, 0.717) is 25.9 Å². The van der Waals surface area contributed by atoms with E-state index < -0.39 is 0 Å². The van der Waals surface area contributed by atoms with Crippen LogP contribution in [0.1, 0.15) is 39.5 Å². The fourth-order valence-electron chi connectivity index (χ4n) is 1.37. The van der Waals surface area contributed by atoms with Crippen LogP contribution in [-0.2, 0) is 9.59 Å². The highest BCUT2D eigenvalue weighted by Crippen LogP contribution is 2.28. The summed E-state index contributed by atoms with van der Waals surface area (Å²) < 4.78 is 0. The number of nitrogens with one attached hydrogen (secondary N) is 2. The maximum absolute atomic E-state index is 11.4. The molecule has 0 spiro atoms. The lowest BCUT2D eigenvalue weighted by atomic mass is 10.1. The molecule has 5 nitrogen and oxygen atoms in total. The summed E-state index contributed by atoms with van der Waals surface area (Å²) in [7, 11) is 0. The summed E-state index contributed by atoms with van der Waals surface area (Å²) in [6.07, 6.45) is 3.13. The van der Waals surface area contributed by atoms with E-state index in [0.717, 1.165) is 12.8 Å². The lowest BCUT2D eigenvalue weighted by Crippen LogP contribution is -2.45. The van der Waals surface area contributed by atoms with E-state index in [1.807, 2.05) is 13.8 Å². The Kier molecular flexibility index (Phi) is 7.25. The zero-order valence-electron chi connectivity index (χ0n) is 11.1. The molecular weight excluding hydrogens is 254 g/mol. The Bertz CT molecular complexity index is 286. The average Bonchev–Trinajstić information content (AvgIpc) is 3.03. The SMILES string of the molecule is CC(C)(N)CNC(=O)CCCNC(=O)C1CC1.Cl. The molecule has 0 heterocycles. The van der Waals surface area contributed by atoms with Crippen LogP contribution in [0.15, 0.2) is 0 Å². The molecule has 6 heteroatoms. The van der Waals surface area contributed by atoms with E-state index in [1.165, 1.54) is 0 Å². The van der Waals surface area contributed by atoms with Crippen LogP contribution in [-0.4, -0.2) is 30.4 Å². The summed E-state index contributed by atoms with van der Waals surface area (Å²) in [6, 6.07) is 0. The summed E-state index contributed by atoms with van der Waals surface area (Å²) >= 11 is 0. The third-order valence-electron chi connectivity index (χ3n) is 2.57. The van der Waals surface area contributed by atoms with Crippen LogP contribution in [0.2, 0.25) is 0 Å². The Hall–Kier alpha value is -0.810. The largest absolute Gasteiger partial charge is 0.356 e. The van der Waals surface area contributed by atoms with Gasteiger partial charge in [0.05, 0.1) is 0 Å². The van der Waals surface area contributed by atoms with Gasteiger partial charge in [0, 0.05) is 31.0 Å². The van der Waals surface area contributed by atoms with Crippen LogP contribution in [0.3, 0.4) is 0 Å². The first-order valence-corrected chi connectivity index (χ1v) is 6.22. The molecule has 1 fully saturated rings. The lowest BCUT2D eigenvalue weighted by molar-refractivity contribution is -0.123. The van der Waals surface area contributed by atoms with Gasteiger partial charge in [0.25, 0.3) is 0 Å². The van der Waals surface area contributed by atoms with E-state index in [1.54, 1.807) is 0 Å². The van der Waals surface area contributed by atoms with Crippen LogP contribution in [0.5, 0.6) is 0 Å². The van der Waals surface area contributed by atoms with E-state index >= 15 is 0 Å². The third-order valence-corrected chi connectivity index (χ3v) is 2.57. The number of nitrogens with two attached hydrogens (primary N) is 1. The number of carbonyl (C=O) groups excluding carboxylic acids is 2. The van der Waals surface area contributed by atoms with Gasteiger partial charge in [-0.3, -0.25) is 9.59 Å². The molecule has 1 aliphatic rings. The van der Waals surface area contributed by atoms with Crippen molar-refractivity contribution >= 4 is 24.2 Å². The van der Waals surface area contributed by atoms with Crippen molar-refractivity contribution < 1.29 is 9.59 Å². The summed E-state index contributed by atoms with van der Waals surface area (Å²) in [4.78, 5) is 22.7. The second-order valence-electron chi connectivity index (χ2n) is 5.43. The molecule has 4 N–H and O–H groups in total. The Morgan fingerprint density at radius 1 is 1.28 bits per heavy atom. The van der Waals surface area contributed by atoms with Crippen LogP contribution >= 0.6 is 12.4 Å². The molecule has 0 atom stereocenters. The minimum Gasteiger partial charge on any atom is -0.356 e. The topological polar surface area (TPSA) is 84.2 Å². The fourth-order valence-corrected chi connectivity index (χ4v) is 1.37. The molecule has 0 aromatic carbocycles. The summed E-state index contributed by atoms with van der Waals surface area (Å²) in [5, 5.41) is 5.60. The Morgan fingerprint density at radius 2 is 1.89 bits per heavy atom. The number of hydrogen-bond donors (Lipinski definition) is 3. The van der Waals surface area contributed by atoms with E-state index in [-0.39, 0.29) is 35.7 Å². The fraction of sp³-hybridized carbons (Fsp3) is 0.833. The van der Waals surface area contributed by atoms with Gasteiger partial charge in [-0.15, -0.1) is 12.4 Å². The van der Waals surface area contributed by atoms with E-state index in [9.17, 15) is 9.59 Å². The normalized spacial score (nSPS) is 14.6. The summed E-state index contributed by atoms with van der Waals surface area (Å²) in [6.45, 7) is 4.78. The first kappa shape index (κ1) is 17.2. The Balaban J connectivity index is 0.00000289. The zero-order valence-corrected chi connectivity index (χ0v) is 11.9. The Labute approximate surface area is 115 Å². The maximum atomic E-state index is 11.4. The molecule has 0 saturated heterocycles. The molecule has 0 aliphatic heterocycles. The molecule has 0 aromatic heterocycles. The Morgan fingerprint density at radius 3 is 2.39 bits per heavy atom. The smallest absolute Gasteiger partial charge is 0.223 e. The molecule has 0 bridgehead atoms. The minimum atomic E-state index is -0.379. The van der Waals surface area contributed by atoms with Gasteiger partial charge in [-0.1, -0.05) is 0 Å².